The van der Waals surface area contributed by atoms with E-state index in [4.69, 9.17) is 4.74 Å². The summed E-state index contributed by atoms with van der Waals surface area (Å²) in [4.78, 5) is 13.1. The Labute approximate surface area is 170 Å². The number of hydrogen-bond donors (Lipinski definition) is 2. The number of amides is 1. The van der Waals surface area contributed by atoms with Gasteiger partial charge in [-0.15, -0.1) is 0 Å². The molecule has 0 radical (unpaired) electrons. The molecule has 0 atom stereocenters. The Morgan fingerprint density at radius 1 is 1.07 bits per heavy atom. The first kappa shape index (κ1) is 19.2. The molecule has 150 valence electrons. The number of rotatable bonds is 7. The normalized spacial score (nSPS) is 15.6. The van der Waals surface area contributed by atoms with E-state index in [-0.39, 0.29) is 5.91 Å². The lowest BCUT2D eigenvalue weighted by atomic mass is 9.87. The van der Waals surface area contributed by atoms with E-state index in [1.54, 1.807) is 10.9 Å². The quantitative estimate of drug-likeness (QED) is 0.609. The molecule has 1 saturated heterocycles. The van der Waals surface area contributed by atoms with Gasteiger partial charge < -0.3 is 15.4 Å². The number of nitrogens with zero attached hydrogens (tertiary/aromatic N) is 2. The second-order valence-corrected chi connectivity index (χ2v) is 7.20. The second kappa shape index (κ2) is 8.92. The van der Waals surface area contributed by atoms with Crippen molar-refractivity contribution in [3.8, 4) is 16.9 Å². The van der Waals surface area contributed by atoms with Crippen LogP contribution in [0.1, 0.15) is 12.8 Å². The molecule has 1 aliphatic heterocycles. The maximum absolute atomic E-state index is 13.1. The van der Waals surface area contributed by atoms with Crippen molar-refractivity contribution in [1.82, 2.24) is 20.4 Å². The van der Waals surface area contributed by atoms with Gasteiger partial charge >= 0.3 is 0 Å². The number of aromatic nitrogens is 2. The summed E-state index contributed by atoms with van der Waals surface area (Å²) in [5.74, 6) is 0.819. The Morgan fingerprint density at radius 2 is 1.83 bits per heavy atom. The zero-order valence-electron chi connectivity index (χ0n) is 16.4. The zero-order valence-corrected chi connectivity index (χ0v) is 16.4. The van der Waals surface area contributed by atoms with Crippen molar-refractivity contribution in [3.63, 3.8) is 0 Å². The predicted octanol–water partition coefficient (Wildman–Crippen LogP) is 2.82. The molecule has 29 heavy (non-hydrogen) atoms. The Hall–Kier alpha value is -3.12. The van der Waals surface area contributed by atoms with Crippen molar-refractivity contribution in [2.75, 3.05) is 26.2 Å². The molecule has 0 aliphatic carbocycles. The molecular weight excluding hydrogens is 364 g/mol. The lowest BCUT2D eigenvalue weighted by Gasteiger charge is -2.36. The number of piperidine rings is 1. The van der Waals surface area contributed by atoms with Gasteiger partial charge in [0.2, 0.25) is 5.91 Å². The predicted molar refractivity (Wildman–Crippen MR) is 113 cm³/mol. The third kappa shape index (κ3) is 4.17. The summed E-state index contributed by atoms with van der Waals surface area (Å²) < 4.78 is 7.80. The molecule has 1 aromatic heterocycles. The van der Waals surface area contributed by atoms with E-state index in [0.717, 1.165) is 42.8 Å². The molecule has 4 rings (SSSR count). The summed E-state index contributed by atoms with van der Waals surface area (Å²) >= 11 is 0. The molecule has 3 aromatic rings. The SMILES string of the molecule is O=C(NCCOc1ccccc1-c1ccccc1)C1(n2cccn2)CCNCC1. The Balaban J connectivity index is 1.38. The highest BCUT2D eigenvalue weighted by Gasteiger charge is 2.41. The Bertz CT molecular complexity index is 919. The van der Waals surface area contributed by atoms with Crippen LogP contribution in [0.25, 0.3) is 11.1 Å². The molecule has 1 aliphatic rings. The van der Waals surface area contributed by atoms with Gasteiger partial charge in [0.05, 0.1) is 6.54 Å². The summed E-state index contributed by atoms with van der Waals surface area (Å²) in [5, 5.41) is 10.7. The van der Waals surface area contributed by atoms with Crippen molar-refractivity contribution in [2.45, 2.75) is 18.4 Å². The van der Waals surface area contributed by atoms with E-state index in [0.29, 0.717) is 13.2 Å². The smallest absolute Gasteiger partial charge is 0.248 e. The van der Waals surface area contributed by atoms with Crippen LogP contribution in [0.15, 0.2) is 73.1 Å². The van der Waals surface area contributed by atoms with Crippen molar-refractivity contribution in [3.05, 3.63) is 73.1 Å². The monoisotopic (exact) mass is 390 g/mol. The second-order valence-electron chi connectivity index (χ2n) is 7.20. The van der Waals surface area contributed by atoms with E-state index < -0.39 is 5.54 Å². The number of ether oxygens (including phenoxy) is 1. The first-order valence-corrected chi connectivity index (χ1v) is 10.1. The fourth-order valence-electron chi connectivity index (χ4n) is 3.86. The minimum absolute atomic E-state index is 0.00245. The molecule has 0 spiro atoms. The number of nitrogens with one attached hydrogen (secondary N) is 2. The average Bonchev–Trinajstić information content (AvgIpc) is 3.33. The van der Waals surface area contributed by atoms with Gasteiger partial charge in [0, 0.05) is 18.0 Å². The van der Waals surface area contributed by atoms with Crippen LogP contribution in [-0.2, 0) is 10.3 Å². The van der Waals surface area contributed by atoms with Crippen LogP contribution in [0.2, 0.25) is 0 Å². The molecule has 0 unspecified atom stereocenters. The van der Waals surface area contributed by atoms with Gasteiger partial charge in [0.1, 0.15) is 17.9 Å². The summed E-state index contributed by atoms with van der Waals surface area (Å²) in [6.07, 6.45) is 5.04. The standard InChI is InChI=1S/C23H26N4O2/c28-22(23(11-14-24-15-12-23)27-17-6-13-26-27)25-16-18-29-21-10-5-4-9-20(21)19-7-2-1-3-8-19/h1-10,13,17,24H,11-12,14-16,18H2,(H,25,28). The minimum atomic E-state index is -0.628. The molecular formula is C23H26N4O2. The van der Waals surface area contributed by atoms with Crippen LogP contribution in [0.4, 0.5) is 0 Å². The topological polar surface area (TPSA) is 68.2 Å². The fraction of sp³-hybridized carbons (Fsp3) is 0.304. The van der Waals surface area contributed by atoms with Crippen LogP contribution in [0.3, 0.4) is 0 Å². The molecule has 1 fully saturated rings. The average molecular weight is 390 g/mol. The van der Waals surface area contributed by atoms with Gasteiger partial charge in [-0.05, 0) is 43.6 Å². The highest BCUT2D eigenvalue weighted by molar-refractivity contribution is 5.84. The molecule has 0 saturated carbocycles. The van der Waals surface area contributed by atoms with E-state index in [1.165, 1.54) is 0 Å². The van der Waals surface area contributed by atoms with E-state index in [1.807, 2.05) is 54.7 Å². The van der Waals surface area contributed by atoms with Gasteiger partial charge in [-0.2, -0.15) is 5.10 Å². The lowest BCUT2D eigenvalue weighted by molar-refractivity contribution is -0.132. The van der Waals surface area contributed by atoms with Crippen LogP contribution in [0.5, 0.6) is 5.75 Å². The van der Waals surface area contributed by atoms with Gasteiger partial charge in [-0.3, -0.25) is 9.48 Å². The van der Waals surface area contributed by atoms with Crippen LogP contribution < -0.4 is 15.4 Å². The first-order valence-electron chi connectivity index (χ1n) is 10.1. The van der Waals surface area contributed by atoms with Gasteiger partial charge in [0.25, 0.3) is 0 Å². The Kier molecular flexibility index (Phi) is 5.91. The third-order valence-corrected chi connectivity index (χ3v) is 5.41. The number of benzene rings is 2. The van der Waals surface area contributed by atoms with Crippen molar-refractivity contribution in [2.24, 2.45) is 0 Å². The molecule has 6 heteroatoms. The summed E-state index contributed by atoms with van der Waals surface area (Å²) in [5.41, 5.74) is 1.53. The summed E-state index contributed by atoms with van der Waals surface area (Å²) in [6, 6.07) is 20.0. The minimum Gasteiger partial charge on any atom is -0.491 e. The maximum Gasteiger partial charge on any atom is 0.248 e. The number of carbonyl (C=O) groups excluding carboxylic acids is 1. The summed E-state index contributed by atoms with van der Waals surface area (Å²) in [6.45, 7) is 2.45. The van der Waals surface area contributed by atoms with Crippen molar-refractivity contribution >= 4 is 5.91 Å². The maximum atomic E-state index is 13.1. The lowest BCUT2D eigenvalue weighted by Crippen LogP contribution is -2.55. The van der Waals surface area contributed by atoms with Crippen molar-refractivity contribution in [1.29, 1.82) is 0 Å². The van der Waals surface area contributed by atoms with Gasteiger partial charge in [0.15, 0.2) is 0 Å². The molecule has 1 amide bonds. The summed E-state index contributed by atoms with van der Waals surface area (Å²) in [7, 11) is 0. The largest absolute Gasteiger partial charge is 0.491 e. The van der Waals surface area contributed by atoms with Crippen LogP contribution in [-0.4, -0.2) is 41.9 Å². The van der Waals surface area contributed by atoms with E-state index in [2.05, 4.69) is 27.9 Å². The van der Waals surface area contributed by atoms with Crippen LogP contribution >= 0.6 is 0 Å². The van der Waals surface area contributed by atoms with E-state index >= 15 is 0 Å². The first-order chi connectivity index (χ1) is 14.3. The highest BCUT2D eigenvalue weighted by atomic mass is 16.5. The van der Waals surface area contributed by atoms with Crippen LogP contribution in [0, 0.1) is 0 Å². The molecule has 6 nitrogen and oxygen atoms in total. The van der Waals surface area contributed by atoms with E-state index in [9.17, 15) is 4.79 Å². The molecule has 2 aromatic carbocycles. The highest BCUT2D eigenvalue weighted by Crippen LogP contribution is 2.30. The van der Waals surface area contributed by atoms with Gasteiger partial charge in [-0.1, -0.05) is 48.5 Å². The van der Waals surface area contributed by atoms with Crippen molar-refractivity contribution < 1.29 is 9.53 Å². The molecule has 2 heterocycles. The number of para-hydroxylation sites is 1. The zero-order chi connectivity index (χ0) is 19.9. The van der Waals surface area contributed by atoms with Gasteiger partial charge in [-0.25, -0.2) is 0 Å². The number of hydrogen-bond acceptors (Lipinski definition) is 4. The fourth-order valence-corrected chi connectivity index (χ4v) is 3.86. The Morgan fingerprint density at radius 3 is 2.59 bits per heavy atom. The molecule has 0 bridgehead atoms. The third-order valence-electron chi connectivity index (χ3n) is 5.41. The molecule has 2 N–H and O–H groups in total. The number of carbonyl (C=O) groups is 1.